The molecule has 10 heteroatoms. The third-order valence-electron chi connectivity index (χ3n) is 9.16. The van der Waals surface area contributed by atoms with Gasteiger partial charge >= 0.3 is 0 Å². The first-order valence-corrected chi connectivity index (χ1v) is 16.5. The molecule has 46 heavy (non-hydrogen) atoms. The van der Waals surface area contributed by atoms with Crippen molar-refractivity contribution in [3.05, 3.63) is 89.4 Å². The van der Waals surface area contributed by atoms with E-state index in [1.54, 1.807) is 12.3 Å². The number of benzene rings is 2. The zero-order valence-electron chi connectivity index (χ0n) is 26.5. The molecule has 5 heterocycles. The fourth-order valence-electron chi connectivity index (χ4n) is 6.55. The molecule has 7 rings (SSSR count). The number of aryl methyl sites for hydroxylation is 1. The molecule has 1 amide bonds. The average Bonchev–Trinajstić information content (AvgIpc) is 3.82. The smallest absolute Gasteiger partial charge is 0.255 e. The molecular weight excluding hydrogens is 576 g/mol. The molecule has 2 fully saturated rings. The van der Waals surface area contributed by atoms with Gasteiger partial charge in [0.05, 0.1) is 5.69 Å². The molecule has 0 bridgehead atoms. The van der Waals surface area contributed by atoms with Gasteiger partial charge in [-0.2, -0.15) is 0 Å². The average molecular weight is 619 g/mol. The van der Waals surface area contributed by atoms with Gasteiger partial charge in [0.2, 0.25) is 5.95 Å². The standard InChI is InChI=1S/C36H42N8O2/c1-26-6-7-30(39-35(45)27-12-14-37-34(22-27)43-17-4-5-18-43)23-33(26)44-19-13-32-28(25-44)24-38-36(41-32)40-29-8-10-31(11-9-29)46-21-20-42-15-2-3-16-42/h6-12,14,22-24H,2-5,13,15-21,25H2,1H3,(H,39,45)(H,38,40,41). The van der Waals surface area contributed by atoms with E-state index >= 15 is 0 Å². The predicted molar refractivity (Wildman–Crippen MR) is 182 cm³/mol. The third-order valence-corrected chi connectivity index (χ3v) is 9.16. The van der Waals surface area contributed by atoms with Crippen molar-refractivity contribution in [3.63, 3.8) is 0 Å². The van der Waals surface area contributed by atoms with E-state index in [4.69, 9.17) is 9.72 Å². The molecule has 0 unspecified atom stereocenters. The zero-order valence-corrected chi connectivity index (χ0v) is 26.5. The van der Waals surface area contributed by atoms with E-state index in [0.717, 1.165) is 78.1 Å². The normalized spacial score (nSPS) is 16.4. The second-order valence-electron chi connectivity index (χ2n) is 12.4. The van der Waals surface area contributed by atoms with Gasteiger partial charge in [0.15, 0.2) is 0 Å². The van der Waals surface area contributed by atoms with Crippen LogP contribution in [0.5, 0.6) is 5.75 Å². The maximum absolute atomic E-state index is 13.2. The van der Waals surface area contributed by atoms with Gasteiger partial charge < -0.3 is 25.2 Å². The maximum Gasteiger partial charge on any atom is 0.255 e. The van der Waals surface area contributed by atoms with Crippen LogP contribution in [0.4, 0.5) is 28.8 Å². The van der Waals surface area contributed by atoms with Gasteiger partial charge in [-0.3, -0.25) is 9.69 Å². The Morgan fingerprint density at radius 1 is 0.870 bits per heavy atom. The molecule has 238 valence electrons. The highest BCUT2D eigenvalue weighted by Crippen LogP contribution is 2.30. The van der Waals surface area contributed by atoms with Crippen LogP contribution in [0.3, 0.4) is 0 Å². The molecule has 0 aliphatic carbocycles. The number of carbonyl (C=O) groups is 1. The first-order valence-electron chi connectivity index (χ1n) is 16.5. The topological polar surface area (TPSA) is 98.8 Å². The van der Waals surface area contributed by atoms with Crippen LogP contribution in [0, 0.1) is 6.92 Å². The SMILES string of the molecule is Cc1ccc(NC(=O)c2ccnc(N3CCCC3)c2)cc1N1CCc2nc(Nc3ccc(OCCN4CCCC4)cc3)ncc2C1. The van der Waals surface area contributed by atoms with Crippen molar-refractivity contribution in [2.45, 2.75) is 45.6 Å². The van der Waals surface area contributed by atoms with Crippen LogP contribution in [0.2, 0.25) is 0 Å². The van der Waals surface area contributed by atoms with Crippen LogP contribution in [0.25, 0.3) is 0 Å². The van der Waals surface area contributed by atoms with Crippen LogP contribution >= 0.6 is 0 Å². The Morgan fingerprint density at radius 3 is 2.48 bits per heavy atom. The predicted octanol–water partition coefficient (Wildman–Crippen LogP) is 5.81. The number of hydrogen-bond donors (Lipinski definition) is 2. The number of pyridine rings is 1. The minimum absolute atomic E-state index is 0.130. The summed E-state index contributed by atoms with van der Waals surface area (Å²) in [6.07, 6.45) is 9.38. The fourth-order valence-corrected chi connectivity index (χ4v) is 6.55. The number of aromatic nitrogens is 3. The summed E-state index contributed by atoms with van der Waals surface area (Å²) in [6.45, 7) is 9.68. The lowest BCUT2D eigenvalue weighted by Gasteiger charge is -2.31. The number of fused-ring (bicyclic) bond motifs is 1. The monoisotopic (exact) mass is 618 g/mol. The highest BCUT2D eigenvalue weighted by Gasteiger charge is 2.21. The number of nitrogens with zero attached hydrogens (tertiary/aromatic N) is 6. The van der Waals surface area contributed by atoms with E-state index < -0.39 is 0 Å². The second-order valence-corrected chi connectivity index (χ2v) is 12.4. The largest absolute Gasteiger partial charge is 0.492 e. The molecule has 2 N–H and O–H groups in total. The minimum atomic E-state index is -0.130. The Labute approximate surface area is 270 Å². The maximum atomic E-state index is 13.2. The Bertz CT molecular complexity index is 1670. The summed E-state index contributed by atoms with van der Waals surface area (Å²) in [5.41, 5.74) is 6.74. The Balaban J connectivity index is 0.959. The van der Waals surface area contributed by atoms with Crippen molar-refractivity contribution in [2.24, 2.45) is 0 Å². The van der Waals surface area contributed by atoms with E-state index in [0.29, 0.717) is 24.7 Å². The lowest BCUT2D eigenvalue weighted by atomic mass is 10.0. The quantitative estimate of drug-likeness (QED) is 0.228. The van der Waals surface area contributed by atoms with Crippen LogP contribution in [0.15, 0.2) is 67.0 Å². The van der Waals surface area contributed by atoms with Crippen molar-refractivity contribution in [2.75, 3.05) is 66.3 Å². The van der Waals surface area contributed by atoms with Gasteiger partial charge in [0.1, 0.15) is 18.2 Å². The number of hydrogen-bond acceptors (Lipinski definition) is 9. The van der Waals surface area contributed by atoms with Gasteiger partial charge in [-0.15, -0.1) is 0 Å². The summed E-state index contributed by atoms with van der Waals surface area (Å²) in [7, 11) is 0. The molecule has 3 aliphatic rings. The minimum Gasteiger partial charge on any atom is -0.492 e. The van der Waals surface area contributed by atoms with Crippen LogP contribution < -0.4 is 25.2 Å². The summed E-state index contributed by atoms with van der Waals surface area (Å²) >= 11 is 0. The van der Waals surface area contributed by atoms with E-state index in [-0.39, 0.29) is 5.91 Å². The summed E-state index contributed by atoms with van der Waals surface area (Å²) in [6, 6.07) is 17.8. The van der Waals surface area contributed by atoms with Crippen molar-refractivity contribution < 1.29 is 9.53 Å². The molecule has 3 aliphatic heterocycles. The third kappa shape index (κ3) is 7.07. The Hall–Kier alpha value is -4.70. The van der Waals surface area contributed by atoms with Crippen molar-refractivity contribution in [3.8, 4) is 5.75 Å². The van der Waals surface area contributed by atoms with Gasteiger partial charge in [-0.05, 0) is 99.8 Å². The fraction of sp³-hybridized carbons (Fsp3) is 0.389. The number of likely N-dealkylation sites (tertiary alicyclic amines) is 1. The van der Waals surface area contributed by atoms with Crippen LogP contribution in [-0.4, -0.2) is 71.6 Å². The molecule has 2 aromatic carbocycles. The number of ether oxygens (including phenoxy) is 1. The van der Waals surface area contributed by atoms with Gasteiger partial charge in [0, 0.05) is 79.7 Å². The first kappa shape index (κ1) is 30.0. The molecular formula is C36H42N8O2. The van der Waals surface area contributed by atoms with E-state index in [2.05, 4.69) is 54.4 Å². The highest BCUT2D eigenvalue weighted by atomic mass is 16.5. The summed E-state index contributed by atoms with van der Waals surface area (Å²) < 4.78 is 5.94. The van der Waals surface area contributed by atoms with Gasteiger partial charge in [-0.25, -0.2) is 15.0 Å². The van der Waals surface area contributed by atoms with E-state index in [9.17, 15) is 4.79 Å². The number of nitrogens with one attached hydrogen (secondary N) is 2. The zero-order chi connectivity index (χ0) is 31.3. The molecule has 0 atom stereocenters. The van der Waals surface area contributed by atoms with Gasteiger partial charge in [0.25, 0.3) is 5.91 Å². The number of carbonyl (C=O) groups excluding carboxylic acids is 1. The molecule has 2 saturated heterocycles. The molecule has 2 aromatic heterocycles. The van der Waals surface area contributed by atoms with Crippen LogP contribution in [0.1, 0.15) is 52.9 Å². The van der Waals surface area contributed by atoms with E-state index in [1.807, 2.05) is 42.6 Å². The number of anilines is 5. The van der Waals surface area contributed by atoms with Gasteiger partial charge in [-0.1, -0.05) is 6.07 Å². The molecule has 0 saturated carbocycles. The number of rotatable bonds is 10. The molecule has 0 radical (unpaired) electrons. The number of amides is 1. The summed E-state index contributed by atoms with van der Waals surface area (Å²) in [5.74, 6) is 2.21. The van der Waals surface area contributed by atoms with Crippen molar-refractivity contribution in [1.29, 1.82) is 0 Å². The van der Waals surface area contributed by atoms with Crippen molar-refractivity contribution in [1.82, 2.24) is 19.9 Å². The molecule has 0 spiro atoms. The first-order chi connectivity index (χ1) is 22.6. The summed E-state index contributed by atoms with van der Waals surface area (Å²) in [5, 5.41) is 6.45. The highest BCUT2D eigenvalue weighted by molar-refractivity contribution is 6.05. The van der Waals surface area contributed by atoms with Crippen molar-refractivity contribution >= 4 is 34.7 Å². The Morgan fingerprint density at radius 2 is 1.65 bits per heavy atom. The van der Waals surface area contributed by atoms with Crippen LogP contribution in [-0.2, 0) is 13.0 Å². The lowest BCUT2D eigenvalue weighted by molar-refractivity contribution is 0.102. The molecule has 4 aromatic rings. The lowest BCUT2D eigenvalue weighted by Crippen LogP contribution is -2.32. The van der Waals surface area contributed by atoms with E-state index in [1.165, 1.54) is 38.8 Å². The summed E-state index contributed by atoms with van der Waals surface area (Å²) in [4.78, 5) is 34.2. The molecule has 10 nitrogen and oxygen atoms in total. The Kier molecular flexibility index (Phi) is 8.96. The second kappa shape index (κ2) is 13.7.